The first kappa shape index (κ1) is 10.4. The van der Waals surface area contributed by atoms with Crippen molar-refractivity contribution in [2.24, 2.45) is 0 Å². The maximum Gasteiger partial charge on any atom is 0.125 e. The van der Waals surface area contributed by atoms with Gasteiger partial charge in [-0.3, -0.25) is 0 Å². The van der Waals surface area contributed by atoms with E-state index in [-0.39, 0.29) is 0 Å². The van der Waals surface area contributed by atoms with Gasteiger partial charge in [-0.05, 0) is 18.2 Å². The smallest absolute Gasteiger partial charge is 0.125 e. The van der Waals surface area contributed by atoms with Crippen molar-refractivity contribution in [2.45, 2.75) is 6.61 Å². The van der Waals surface area contributed by atoms with E-state index in [0.717, 1.165) is 17.1 Å². The number of hydrogen-bond acceptors (Lipinski definition) is 3. The lowest BCUT2D eigenvalue weighted by molar-refractivity contribution is 0.232. The largest absolute Gasteiger partial charge is 0.497 e. The topological polar surface area (TPSA) is 27.7 Å². The number of rotatable bonds is 5. The molecule has 0 spiro atoms. The number of ether oxygens (including phenoxy) is 3. The molecule has 0 saturated heterocycles. The lowest BCUT2D eigenvalue weighted by atomic mass is 10.2. The molecule has 14 heavy (non-hydrogen) atoms. The number of benzene rings is 1. The molecule has 3 heteroatoms. The van der Waals surface area contributed by atoms with E-state index in [2.05, 4.69) is 6.58 Å². The molecule has 3 nitrogen and oxygen atoms in total. The van der Waals surface area contributed by atoms with Crippen molar-refractivity contribution >= 4 is 0 Å². The minimum Gasteiger partial charge on any atom is -0.497 e. The van der Waals surface area contributed by atoms with Crippen LogP contribution in [0.2, 0.25) is 0 Å². The summed E-state index contributed by atoms with van der Waals surface area (Å²) < 4.78 is 15.4. The zero-order valence-corrected chi connectivity index (χ0v) is 8.45. The van der Waals surface area contributed by atoms with Gasteiger partial charge in [-0.15, -0.1) is 0 Å². The Balaban J connectivity index is 2.89. The van der Waals surface area contributed by atoms with E-state index < -0.39 is 0 Å². The molecule has 0 unspecified atom stereocenters. The van der Waals surface area contributed by atoms with Gasteiger partial charge in [0.05, 0.1) is 20.5 Å². The Morgan fingerprint density at radius 3 is 2.64 bits per heavy atom. The first-order chi connectivity index (χ1) is 6.81. The first-order valence-corrected chi connectivity index (χ1v) is 4.25. The Morgan fingerprint density at radius 2 is 2.07 bits per heavy atom. The van der Waals surface area contributed by atoms with Gasteiger partial charge in [0.25, 0.3) is 0 Å². The van der Waals surface area contributed by atoms with Gasteiger partial charge < -0.3 is 14.2 Å². The molecule has 0 radical (unpaired) electrons. The highest BCUT2D eigenvalue weighted by molar-refractivity contribution is 5.39. The number of hydrogen-bond donors (Lipinski definition) is 0. The van der Waals surface area contributed by atoms with E-state index >= 15 is 0 Å². The summed E-state index contributed by atoms with van der Waals surface area (Å²) in [5.74, 6) is 1.57. The Labute approximate surface area is 83.9 Å². The molecule has 1 aromatic rings. The Bertz CT molecular complexity index is 307. The highest BCUT2D eigenvalue weighted by Gasteiger charge is 2.04. The van der Waals surface area contributed by atoms with Crippen molar-refractivity contribution in [2.75, 3.05) is 14.2 Å². The van der Waals surface area contributed by atoms with Crippen LogP contribution in [0, 0.1) is 0 Å². The first-order valence-electron chi connectivity index (χ1n) is 4.25. The number of methoxy groups -OCH3 is 2. The summed E-state index contributed by atoms with van der Waals surface area (Å²) >= 11 is 0. The molecule has 76 valence electrons. The van der Waals surface area contributed by atoms with E-state index in [4.69, 9.17) is 14.2 Å². The van der Waals surface area contributed by atoms with Gasteiger partial charge in [-0.1, -0.05) is 6.58 Å². The molecule has 1 rings (SSSR count). The van der Waals surface area contributed by atoms with Crippen LogP contribution >= 0.6 is 0 Å². The second kappa shape index (κ2) is 5.17. The van der Waals surface area contributed by atoms with Crippen molar-refractivity contribution in [1.82, 2.24) is 0 Å². The summed E-state index contributed by atoms with van der Waals surface area (Å²) in [6, 6.07) is 5.57. The highest BCUT2D eigenvalue weighted by atomic mass is 16.5. The average molecular weight is 194 g/mol. The summed E-state index contributed by atoms with van der Waals surface area (Å²) in [5.41, 5.74) is 0.937. The van der Waals surface area contributed by atoms with E-state index in [0.29, 0.717) is 6.61 Å². The molecule has 0 amide bonds. The SMILES string of the molecule is C=COCc1cc(OC)ccc1OC. The molecular weight excluding hydrogens is 180 g/mol. The van der Waals surface area contributed by atoms with Crippen LogP contribution in [-0.2, 0) is 11.3 Å². The molecule has 0 aliphatic heterocycles. The zero-order valence-electron chi connectivity index (χ0n) is 8.45. The summed E-state index contributed by atoms with van der Waals surface area (Å²) in [6.07, 6.45) is 1.40. The van der Waals surface area contributed by atoms with Crippen LogP contribution in [0.1, 0.15) is 5.56 Å². The molecule has 0 N–H and O–H groups in total. The van der Waals surface area contributed by atoms with Gasteiger partial charge in [0.2, 0.25) is 0 Å². The monoisotopic (exact) mass is 194 g/mol. The highest BCUT2D eigenvalue weighted by Crippen LogP contribution is 2.24. The van der Waals surface area contributed by atoms with E-state index in [1.807, 2.05) is 18.2 Å². The van der Waals surface area contributed by atoms with E-state index in [1.165, 1.54) is 6.26 Å². The Kier molecular flexibility index (Phi) is 3.85. The third kappa shape index (κ3) is 2.42. The van der Waals surface area contributed by atoms with Crippen LogP contribution in [0.25, 0.3) is 0 Å². The molecule has 0 heterocycles. The predicted molar refractivity (Wildman–Crippen MR) is 54.5 cm³/mol. The minimum absolute atomic E-state index is 0.434. The van der Waals surface area contributed by atoms with Crippen molar-refractivity contribution in [1.29, 1.82) is 0 Å². The van der Waals surface area contributed by atoms with Gasteiger partial charge in [0.1, 0.15) is 18.1 Å². The summed E-state index contributed by atoms with van der Waals surface area (Å²) in [7, 11) is 3.25. The molecular formula is C11H14O3. The van der Waals surface area contributed by atoms with Gasteiger partial charge in [-0.25, -0.2) is 0 Å². The average Bonchev–Trinajstić information content (AvgIpc) is 2.25. The van der Waals surface area contributed by atoms with Gasteiger partial charge in [-0.2, -0.15) is 0 Å². The Hall–Kier alpha value is -1.64. The van der Waals surface area contributed by atoms with E-state index in [9.17, 15) is 0 Å². The second-order valence-corrected chi connectivity index (χ2v) is 2.66. The van der Waals surface area contributed by atoms with E-state index in [1.54, 1.807) is 14.2 Å². The Morgan fingerprint density at radius 1 is 1.29 bits per heavy atom. The summed E-state index contributed by atoms with van der Waals surface area (Å²) in [6.45, 7) is 3.91. The van der Waals surface area contributed by atoms with Crippen LogP contribution < -0.4 is 9.47 Å². The fraction of sp³-hybridized carbons (Fsp3) is 0.273. The molecule has 0 bridgehead atoms. The quantitative estimate of drug-likeness (QED) is 0.673. The molecule has 0 saturated carbocycles. The van der Waals surface area contributed by atoms with Gasteiger partial charge in [0, 0.05) is 5.56 Å². The van der Waals surface area contributed by atoms with Crippen molar-refractivity contribution in [3.05, 3.63) is 36.6 Å². The van der Waals surface area contributed by atoms with Crippen molar-refractivity contribution in [3.8, 4) is 11.5 Å². The van der Waals surface area contributed by atoms with Crippen molar-refractivity contribution < 1.29 is 14.2 Å². The normalized spacial score (nSPS) is 9.29. The van der Waals surface area contributed by atoms with Crippen LogP contribution in [0.3, 0.4) is 0 Å². The minimum atomic E-state index is 0.434. The molecule has 1 aromatic carbocycles. The third-order valence-electron chi connectivity index (χ3n) is 1.84. The van der Waals surface area contributed by atoms with Crippen LogP contribution in [0.15, 0.2) is 31.0 Å². The molecule has 0 fully saturated rings. The zero-order chi connectivity index (χ0) is 10.4. The molecule has 0 atom stereocenters. The standard InChI is InChI=1S/C11H14O3/c1-4-14-8-9-7-10(12-2)5-6-11(9)13-3/h4-7H,1,8H2,2-3H3. The molecule has 0 aliphatic rings. The summed E-state index contributed by atoms with van der Waals surface area (Å²) in [5, 5.41) is 0. The lowest BCUT2D eigenvalue weighted by Gasteiger charge is -2.09. The summed E-state index contributed by atoms with van der Waals surface area (Å²) in [4.78, 5) is 0. The second-order valence-electron chi connectivity index (χ2n) is 2.66. The van der Waals surface area contributed by atoms with Crippen LogP contribution in [-0.4, -0.2) is 14.2 Å². The third-order valence-corrected chi connectivity index (χ3v) is 1.84. The van der Waals surface area contributed by atoms with Crippen LogP contribution in [0.5, 0.6) is 11.5 Å². The predicted octanol–water partition coefficient (Wildman–Crippen LogP) is 2.36. The fourth-order valence-corrected chi connectivity index (χ4v) is 1.14. The fourth-order valence-electron chi connectivity index (χ4n) is 1.14. The van der Waals surface area contributed by atoms with Gasteiger partial charge >= 0.3 is 0 Å². The maximum atomic E-state index is 5.17. The van der Waals surface area contributed by atoms with Crippen molar-refractivity contribution in [3.63, 3.8) is 0 Å². The molecule has 0 aliphatic carbocycles. The van der Waals surface area contributed by atoms with Gasteiger partial charge in [0.15, 0.2) is 0 Å². The van der Waals surface area contributed by atoms with Crippen LogP contribution in [0.4, 0.5) is 0 Å². The lowest BCUT2D eigenvalue weighted by Crippen LogP contribution is -1.94. The molecule has 0 aromatic heterocycles. The maximum absolute atomic E-state index is 5.17.